The van der Waals surface area contributed by atoms with Crippen LogP contribution < -0.4 is 5.32 Å². The Morgan fingerprint density at radius 2 is 1.78 bits per heavy atom. The van der Waals surface area contributed by atoms with Gasteiger partial charge in [-0.05, 0) is 37.6 Å². The Balaban J connectivity index is 1.90. The van der Waals surface area contributed by atoms with Gasteiger partial charge in [-0.3, -0.25) is 4.79 Å². The van der Waals surface area contributed by atoms with Crippen molar-refractivity contribution >= 4 is 38.9 Å². The molecule has 1 aromatic heterocycles. The van der Waals surface area contributed by atoms with Crippen molar-refractivity contribution in [2.24, 2.45) is 0 Å². The summed E-state index contributed by atoms with van der Waals surface area (Å²) in [6.45, 7) is 3.75. The zero-order valence-electron chi connectivity index (χ0n) is 12.7. The van der Waals surface area contributed by atoms with E-state index in [4.69, 9.17) is 11.6 Å². The molecular formula is C18H15ClFNOS. The van der Waals surface area contributed by atoms with Gasteiger partial charge >= 0.3 is 0 Å². The van der Waals surface area contributed by atoms with Crippen molar-refractivity contribution in [3.05, 3.63) is 69.8 Å². The quantitative estimate of drug-likeness (QED) is 0.679. The number of thiophene rings is 1. The third kappa shape index (κ3) is 3.09. The highest BCUT2D eigenvalue weighted by Crippen LogP contribution is 2.35. The maximum atomic E-state index is 13.1. The molecule has 0 aliphatic heterocycles. The average Bonchev–Trinajstić information content (AvgIpc) is 2.85. The molecule has 2 aromatic carbocycles. The first kappa shape index (κ1) is 16.0. The summed E-state index contributed by atoms with van der Waals surface area (Å²) in [6, 6.07) is 13.8. The van der Waals surface area contributed by atoms with Gasteiger partial charge in [-0.15, -0.1) is 11.3 Å². The van der Waals surface area contributed by atoms with Crippen LogP contribution in [0.4, 0.5) is 4.39 Å². The lowest BCUT2D eigenvalue weighted by Gasteiger charge is -2.26. The predicted octanol–water partition coefficient (Wildman–Crippen LogP) is 5.36. The molecule has 2 nitrogen and oxygen atoms in total. The standard InChI is InChI=1S/C18H15ClFNOS/c1-18(2,11-7-9-12(20)10-8-11)21-17(22)16-15(19)13-5-3-4-6-14(13)23-16/h3-10H,1-2H3,(H,21,22). The van der Waals surface area contributed by atoms with Crippen LogP contribution in [0, 0.1) is 5.82 Å². The summed E-state index contributed by atoms with van der Waals surface area (Å²) >= 11 is 7.71. The van der Waals surface area contributed by atoms with Crippen molar-refractivity contribution in [3.8, 4) is 0 Å². The van der Waals surface area contributed by atoms with Crippen molar-refractivity contribution < 1.29 is 9.18 Å². The lowest BCUT2D eigenvalue weighted by atomic mass is 9.94. The van der Waals surface area contributed by atoms with E-state index in [1.54, 1.807) is 12.1 Å². The Morgan fingerprint density at radius 1 is 1.13 bits per heavy atom. The van der Waals surface area contributed by atoms with E-state index >= 15 is 0 Å². The topological polar surface area (TPSA) is 29.1 Å². The van der Waals surface area contributed by atoms with Crippen LogP contribution in [0.3, 0.4) is 0 Å². The van der Waals surface area contributed by atoms with E-state index in [1.807, 2.05) is 38.1 Å². The summed E-state index contributed by atoms with van der Waals surface area (Å²) in [4.78, 5) is 13.1. The fraction of sp³-hybridized carbons (Fsp3) is 0.167. The zero-order valence-corrected chi connectivity index (χ0v) is 14.3. The predicted molar refractivity (Wildman–Crippen MR) is 93.7 cm³/mol. The van der Waals surface area contributed by atoms with Crippen LogP contribution in [0.2, 0.25) is 5.02 Å². The summed E-state index contributed by atoms with van der Waals surface area (Å²) in [5.41, 5.74) is 0.189. The molecule has 0 aliphatic rings. The molecule has 118 valence electrons. The highest BCUT2D eigenvalue weighted by Gasteiger charge is 2.26. The van der Waals surface area contributed by atoms with Gasteiger partial charge in [0.25, 0.3) is 5.91 Å². The number of benzene rings is 2. The van der Waals surface area contributed by atoms with E-state index in [0.717, 1.165) is 15.6 Å². The summed E-state index contributed by atoms with van der Waals surface area (Å²) < 4.78 is 14.0. The van der Waals surface area contributed by atoms with Gasteiger partial charge in [0.1, 0.15) is 10.7 Å². The molecule has 1 amide bonds. The Bertz CT molecular complexity index is 870. The Kier molecular flexibility index (Phi) is 4.13. The van der Waals surface area contributed by atoms with Gasteiger partial charge in [-0.25, -0.2) is 4.39 Å². The first-order valence-electron chi connectivity index (χ1n) is 7.14. The molecule has 0 saturated carbocycles. The van der Waals surface area contributed by atoms with E-state index < -0.39 is 5.54 Å². The van der Waals surface area contributed by atoms with Crippen molar-refractivity contribution in [1.82, 2.24) is 5.32 Å². The number of amides is 1. The molecule has 0 fully saturated rings. The maximum absolute atomic E-state index is 13.1. The van der Waals surface area contributed by atoms with E-state index in [0.29, 0.717) is 9.90 Å². The number of carbonyl (C=O) groups is 1. The monoisotopic (exact) mass is 347 g/mol. The van der Waals surface area contributed by atoms with Gasteiger partial charge < -0.3 is 5.32 Å². The molecule has 23 heavy (non-hydrogen) atoms. The lowest BCUT2D eigenvalue weighted by molar-refractivity contribution is 0.0916. The number of carbonyl (C=O) groups excluding carboxylic acids is 1. The van der Waals surface area contributed by atoms with Crippen LogP contribution in [0.1, 0.15) is 29.1 Å². The second-order valence-electron chi connectivity index (χ2n) is 5.83. The molecule has 5 heteroatoms. The third-order valence-electron chi connectivity index (χ3n) is 3.73. The van der Waals surface area contributed by atoms with Crippen LogP contribution >= 0.6 is 22.9 Å². The van der Waals surface area contributed by atoms with Crippen molar-refractivity contribution in [2.45, 2.75) is 19.4 Å². The van der Waals surface area contributed by atoms with Crippen LogP contribution in [0.25, 0.3) is 10.1 Å². The molecule has 0 radical (unpaired) electrons. The summed E-state index contributed by atoms with van der Waals surface area (Å²) in [5.74, 6) is -0.533. The summed E-state index contributed by atoms with van der Waals surface area (Å²) in [6.07, 6.45) is 0. The minimum absolute atomic E-state index is 0.231. The smallest absolute Gasteiger partial charge is 0.263 e. The molecule has 0 unspecified atom stereocenters. The fourth-order valence-electron chi connectivity index (χ4n) is 2.44. The van der Waals surface area contributed by atoms with Crippen molar-refractivity contribution in [1.29, 1.82) is 0 Å². The number of hydrogen-bond acceptors (Lipinski definition) is 2. The zero-order chi connectivity index (χ0) is 16.6. The van der Waals surface area contributed by atoms with E-state index in [1.165, 1.54) is 23.5 Å². The normalized spacial score (nSPS) is 11.7. The highest BCUT2D eigenvalue weighted by molar-refractivity contribution is 7.21. The number of halogens is 2. The van der Waals surface area contributed by atoms with Gasteiger partial charge in [0.05, 0.1) is 10.6 Å². The highest BCUT2D eigenvalue weighted by atomic mass is 35.5. The van der Waals surface area contributed by atoms with Crippen molar-refractivity contribution in [2.75, 3.05) is 0 Å². The molecular weight excluding hydrogens is 333 g/mol. The van der Waals surface area contributed by atoms with E-state index in [-0.39, 0.29) is 11.7 Å². The van der Waals surface area contributed by atoms with Gasteiger partial charge in [-0.1, -0.05) is 41.9 Å². The molecule has 1 heterocycles. The maximum Gasteiger partial charge on any atom is 0.263 e. The number of hydrogen-bond donors (Lipinski definition) is 1. The van der Waals surface area contributed by atoms with Crippen molar-refractivity contribution in [3.63, 3.8) is 0 Å². The number of fused-ring (bicyclic) bond motifs is 1. The second kappa shape index (κ2) is 5.95. The minimum Gasteiger partial charge on any atom is -0.342 e. The first-order valence-corrected chi connectivity index (χ1v) is 8.33. The second-order valence-corrected chi connectivity index (χ2v) is 7.26. The third-order valence-corrected chi connectivity index (χ3v) is 5.41. The summed E-state index contributed by atoms with van der Waals surface area (Å²) in [5, 5.41) is 4.32. The molecule has 0 saturated heterocycles. The summed E-state index contributed by atoms with van der Waals surface area (Å²) in [7, 11) is 0. The van der Waals surface area contributed by atoms with Crippen LogP contribution in [0.15, 0.2) is 48.5 Å². The SMILES string of the molecule is CC(C)(NC(=O)c1sc2ccccc2c1Cl)c1ccc(F)cc1. The molecule has 0 bridgehead atoms. The van der Waals surface area contributed by atoms with Gasteiger partial charge in [0, 0.05) is 10.1 Å². The Labute approximate surface area is 142 Å². The van der Waals surface area contributed by atoms with Gasteiger partial charge in [0.2, 0.25) is 0 Å². The van der Waals surface area contributed by atoms with Crippen LogP contribution in [-0.2, 0) is 5.54 Å². The van der Waals surface area contributed by atoms with Gasteiger partial charge in [-0.2, -0.15) is 0 Å². The molecule has 0 spiro atoms. The fourth-order valence-corrected chi connectivity index (χ4v) is 3.85. The average molecular weight is 348 g/mol. The Hall–Kier alpha value is -1.91. The largest absolute Gasteiger partial charge is 0.342 e. The number of rotatable bonds is 3. The Morgan fingerprint density at radius 3 is 2.43 bits per heavy atom. The molecule has 3 aromatic rings. The lowest BCUT2D eigenvalue weighted by Crippen LogP contribution is -2.40. The first-order chi connectivity index (χ1) is 10.9. The van der Waals surface area contributed by atoms with E-state index in [2.05, 4.69) is 5.32 Å². The minimum atomic E-state index is -0.635. The molecule has 1 N–H and O–H groups in total. The van der Waals surface area contributed by atoms with Crippen LogP contribution in [0.5, 0.6) is 0 Å². The molecule has 0 atom stereocenters. The van der Waals surface area contributed by atoms with Gasteiger partial charge in [0.15, 0.2) is 0 Å². The van der Waals surface area contributed by atoms with Crippen LogP contribution in [-0.4, -0.2) is 5.91 Å². The molecule has 3 rings (SSSR count). The number of nitrogens with one attached hydrogen (secondary N) is 1. The van der Waals surface area contributed by atoms with E-state index in [9.17, 15) is 9.18 Å². The molecule has 0 aliphatic carbocycles.